The van der Waals surface area contributed by atoms with E-state index in [0.717, 1.165) is 41.1 Å². The summed E-state index contributed by atoms with van der Waals surface area (Å²) in [5.74, 6) is 0.821. The average Bonchev–Trinajstić information content (AvgIpc) is 3.26. The lowest BCUT2D eigenvalue weighted by Gasteiger charge is -2.17. The first-order valence-electron chi connectivity index (χ1n) is 13.0. The minimum absolute atomic E-state index is 0.0682. The molecule has 7 heteroatoms. The first-order chi connectivity index (χ1) is 17.5. The minimum Gasteiger partial charge on any atom is -0.491 e. The molecule has 1 fully saturated rings. The molecule has 1 aromatic carbocycles. The van der Waals surface area contributed by atoms with E-state index >= 15 is 0 Å². The van der Waals surface area contributed by atoms with Crippen molar-refractivity contribution < 1.29 is 18.9 Å². The summed E-state index contributed by atoms with van der Waals surface area (Å²) in [5.41, 5.74) is 3.42. The third-order valence-corrected chi connectivity index (χ3v) is 6.09. The number of pyridine rings is 1. The van der Waals surface area contributed by atoms with Crippen LogP contribution in [0.15, 0.2) is 55.0 Å². The molecule has 36 heavy (non-hydrogen) atoms. The standard InChI is InChI=1S/C29H37N3O4/c1-4-5-6-7-8-9-18-33-28-25(27-19-30-16-17-31-27)14-15-26(32-28)22-10-12-23(13-11-22)34-20-24-21-35-29(2,3)36-24/h10-17,19,24H,4-9,18,20-21H2,1-3H3/t24-/m0/s1. The van der Waals surface area contributed by atoms with Crippen LogP contribution in [0.3, 0.4) is 0 Å². The molecule has 1 aliphatic heterocycles. The Labute approximate surface area is 214 Å². The summed E-state index contributed by atoms with van der Waals surface area (Å²) in [6.45, 7) is 7.68. The van der Waals surface area contributed by atoms with Gasteiger partial charge in [-0.1, -0.05) is 39.0 Å². The second kappa shape index (κ2) is 12.8. The molecule has 2 aromatic heterocycles. The van der Waals surface area contributed by atoms with Gasteiger partial charge in [-0.25, -0.2) is 4.98 Å². The quantitative estimate of drug-likeness (QED) is 0.253. The summed E-state index contributed by atoms with van der Waals surface area (Å²) < 4.78 is 23.5. The van der Waals surface area contributed by atoms with E-state index in [1.807, 2.05) is 50.2 Å². The molecule has 0 aliphatic carbocycles. The fourth-order valence-electron chi connectivity index (χ4n) is 4.15. The number of ether oxygens (including phenoxy) is 4. The van der Waals surface area contributed by atoms with Gasteiger partial charge in [-0.05, 0) is 56.7 Å². The Morgan fingerprint density at radius 2 is 1.72 bits per heavy atom. The van der Waals surface area contributed by atoms with Crippen LogP contribution in [0.4, 0.5) is 0 Å². The third kappa shape index (κ3) is 7.48. The van der Waals surface area contributed by atoms with E-state index in [4.69, 9.17) is 23.9 Å². The zero-order chi connectivity index (χ0) is 25.2. The van der Waals surface area contributed by atoms with Gasteiger partial charge in [-0.15, -0.1) is 0 Å². The van der Waals surface area contributed by atoms with E-state index < -0.39 is 5.79 Å². The zero-order valence-electron chi connectivity index (χ0n) is 21.6. The van der Waals surface area contributed by atoms with Gasteiger partial charge in [0.1, 0.15) is 18.5 Å². The van der Waals surface area contributed by atoms with Gasteiger partial charge in [0, 0.05) is 18.0 Å². The van der Waals surface area contributed by atoms with Crippen molar-refractivity contribution in [3.8, 4) is 34.1 Å². The second-order valence-corrected chi connectivity index (χ2v) is 9.54. The lowest BCUT2D eigenvalue weighted by Crippen LogP contribution is -2.25. The number of hydrogen-bond acceptors (Lipinski definition) is 7. The van der Waals surface area contributed by atoms with Crippen LogP contribution in [0.25, 0.3) is 22.5 Å². The Morgan fingerprint density at radius 1 is 0.917 bits per heavy atom. The van der Waals surface area contributed by atoms with Crippen LogP contribution in [0, 0.1) is 0 Å². The highest BCUT2D eigenvalue weighted by Crippen LogP contribution is 2.31. The Balaban J connectivity index is 1.41. The zero-order valence-corrected chi connectivity index (χ0v) is 21.6. The van der Waals surface area contributed by atoms with Gasteiger partial charge in [0.05, 0.1) is 36.4 Å². The molecule has 7 nitrogen and oxygen atoms in total. The van der Waals surface area contributed by atoms with Crippen molar-refractivity contribution in [3.05, 3.63) is 55.0 Å². The number of hydrogen-bond donors (Lipinski definition) is 0. The van der Waals surface area contributed by atoms with Crippen LogP contribution in [-0.4, -0.2) is 46.7 Å². The summed E-state index contributed by atoms with van der Waals surface area (Å²) in [6.07, 6.45) is 12.3. The summed E-state index contributed by atoms with van der Waals surface area (Å²) in [4.78, 5) is 13.5. The van der Waals surface area contributed by atoms with Crippen molar-refractivity contribution in [3.63, 3.8) is 0 Å². The van der Waals surface area contributed by atoms with Crippen molar-refractivity contribution in [2.45, 2.75) is 71.2 Å². The van der Waals surface area contributed by atoms with Gasteiger partial charge in [-0.3, -0.25) is 9.97 Å². The van der Waals surface area contributed by atoms with E-state index in [1.165, 1.54) is 25.7 Å². The van der Waals surface area contributed by atoms with Crippen molar-refractivity contribution in [1.29, 1.82) is 0 Å². The monoisotopic (exact) mass is 491 g/mol. The van der Waals surface area contributed by atoms with Gasteiger partial charge in [0.15, 0.2) is 5.79 Å². The molecule has 1 aliphatic rings. The Morgan fingerprint density at radius 3 is 2.44 bits per heavy atom. The predicted octanol–water partition coefficient (Wildman–Crippen LogP) is 6.48. The van der Waals surface area contributed by atoms with Crippen molar-refractivity contribution in [1.82, 2.24) is 15.0 Å². The van der Waals surface area contributed by atoms with Crippen LogP contribution >= 0.6 is 0 Å². The average molecular weight is 492 g/mol. The smallest absolute Gasteiger partial charge is 0.223 e. The topological polar surface area (TPSA) is 75.6 Å². The molecule has 1 atom stereocenters. The van der Waals surface area contributed by atoms with Crippen LogP contribution in [0.1, 0.15) is 59.3 Å². The Hall–Kier alpha value is -3.03. The number of benzene rings is 1. The van der Waals surface area contributed by atoms with Gasteiger partial charge >= 0.3 is 0 Å². The molecule has 0 spiro atoms. The maximum atomic E-state index is 6.17. The Bertz CT molecular complexity index is 1070. The number of unbranched alkanes of at least 4 members (excludes halogenated alkanes) is 5. The normalized spacial score (nSPS) is 16.7. The van der Waals surface area contributed by atoms with Gasteiger partial charge in [0.2, 0.25) is 5.88 Å². The molecule has 0 amide bonds. The molecule has 3 aromatic rings. The molecule has 1 saturated heterocycles. The van der Waals surface area contributed by atoms with E-state index in [0.29, 0.717) is 25.7 Å². The number of aromatic nitrogens is 3. The molecule has 0 bridgehead atoms. The van der Waals surface area contributed by atoms with E-state index in [1.54, 1.807) is 18.6 Å². The largest absolute Gasteiger partial charge is 0.491 e. The first-order valence-corrected chi connectivity index (χ1v) is 13.0. The highest BCUT2D eigenvalue weighted by molar-refractivity contribution is 5.69. The fourth-order valence-corrected chi connectivity index (χ4v) is 4.15. The molecule has 192 valence electrons. The highest BCUT2D eigenvalue weighted by atomic mass is 16.7. The molecule has 0 unspecified atom stereocenters. The molecule has 0 radical (unpaired) electrons. The van der Waals surface area contributed by atoms with E-state index in [9.17, 15) is 0 Å². The summed E-state index contributed by atoms with van der Waals surface area (Å²) >= 11 is 0. The van der Waals surface area contributed by atoms with Crippen LogP contribution < -0.4 is 9.47 Å². The summed E-state index contributed by atoms with van der Waals surface area (Å²) in [7, 11) is 0. The summed E-state index contributed by atoms with van der Waals surface area (Å²) in [6, 6.07) is 11.9. The molecule has 3 heterocycles. The summed E-state index contributed by atoms with van der Waals surface area (Å²) in [5, 5.41) is 0. The van der Waals surface area contributed by atoms with Gasteiger partial charge in [-0.2, -0.15) is 0 Å². The van der Waals surface area contributed by atoms with Crippen molar-refractivity contribution in [2.24, 2.45) is 0 Å². The third-order valence-electron chi connectivity index (χ3n) is 6.09. The fraction of sp³-hybridized carbons (Fsp3) is 0.483. The SMILES string of the molecule is CCCCCCCCOc1nc(-c2ccc(OC[C@H]3COC(C)(C)O3)cc2)ccc1-c1cnccn1. The van der Waals surface area contributed by atoms with Gasteiger partial charge < -0.3 is 18.9 Å². The number of rotatable bonds is 13. The van der Waals surface area contributed by atoms with E-state index in [-0.39, 0.29) is 6.10 Å². The minimum atomic E-state index is -0.546. The predicted molar refractivity (Wildman–Crippen MR) is 140 cm³/mol. The number of nitrogens with zero attached hydrogens (tertiary/aromatic N) is 3. The van der Waals surface area contributed by atoms with Crippen molar-refractivity contribution >= 4 is 0 Å². The van der Waals surface area contributed by atoms with E-state index in [2.05, 4.69) is 16.9 Å². The molecular weight excluding hydrogens is 454 g/mol. The molecule has 4 rings (SSSR count). The lowest BCUT2D eigenvalue weighted by atomic mass is 10.1. The highest BCUT2D eigenvalue weighted by Gasteiger charge is 2.32. The Kier molecular flexibility index (Phi) is 9.25. The lowest BCUT2D eigenvalue weighted by molar-refractivity contribution is -0.141. The maximum Gasteiger partial charge on any atom is 0.223 e. The van der Waals surface area contributed by atoms with Crippen LogP contribution in [0.5, 0.6) is 11.6 Å². The van der Waals surface area contributed by atoms with Crippen LogP contribution in [0.2, 0.25) is 0 Å². The maximum absolute atomic E-state index is 6.17. The second-order valence-electron chi connectivity index (χ2n) is 9.54. The molecule has 0 N–H and O–H groups in total. The van der Waals surface area contributed by atoms with Crippen molar-refractivity contribution in [2.75, 3.05) is 19.8 Å². The van der Waals surface area contributed by atoms with Crippen LogP contribution in [-0.2, 0) is 9.47 Å². The molecular formula is C29H37N3O4. The first kappa shape index (κ1) is 26.0. The van der Waals surface area contributed by atoms with Gasteiger partial charge in [0.25, 0.3) is 0 Å². The molecule has 0 saturated carbocycles.